The molecule has 0 N–H and O–H groups in total. The lowest BCUT2D eigenvalue weighted by atomic mass is 10.3. The van der Waals surface area contributed by atoms with Crippen molar-refractivity contribution in [1.29, 1.82) is 0 Å². The van der Waals surface area contributed by atoms with Crippen molar-refractivity contribution in [2.75, 3.05) is 14.2 Å². The fraction of sp³-hybridized carbons (Fsp3) is 0.286. The lowest BCUT2D eigenvalue weighted by molar-refractivity contribution is 0.341. The Morgan fingerprint density at radius 2 is 1.50 bits per heavy atom. The lowest BCUT2D eigenvalue weighted by Gasteiger charge is -2.14. The van der Waals surface area contributed by atoms with Crippen LogP contribution in [0, 0.1) is 13.8 Å². The summed E-state index contributed by atoms with van der Waals surface area (Å²) < 4.78 is 16.2. The molecule has 20 heavy (non-hydrogen) atoms. The number of methoxy groups -OCH3 is 2. The summed E-state index contributed by atoms with van der Waals surface area (Å²) in [6, 6.07) is 5.33. The highest BCUT2D eigenvalue weighted by Crippen LogP contribution is 2.40. The molecule has 0 aliphatic rings. The standard InChI is InChI=1S/C14H15ClN2O3/c1-8-9(2)17-14(13(15)16-8)20-12-10(18-3)6-5-7-11(12)19-4/h5-7H,1-4H3. The van der Waals surface area contributed by atoms with Crippen LogP contribution in [0.1, 0.15) is 11.4 Å². The van der Waals surface area contributed by atoms with Crippen molar-refractivity contribution in [2.45, 2.75) is 13.8 Å². The molecule has 0 saturated carbocycles. The van der Waals surface area contributed by atoms with E-state index in [1.54, 1.807) is 32.4 Å². The molecular weight excluding hydrogens is 280 g/mol. The third-order valence-electron chi connectivity index (χ3n) is 2.82. The number of hydrogen-bond donors (Lipinski definition) is 0. The van der Waals surface area contributed by atoms with E-state index in [1.807, 2.05) is 13.8 Å². The normalized spacial score (nSPS) is 10.2. The largest absolute Gasteiger partial charge is 0.493 e. The Labute approximate surface area is 122 Å². The van der Waals surface area contributed by atoms with E-state index in [4.69, 9.17) is 25.8 Å². The highest BCUT2D eigenvalue weighted by Gasteiger charge is 2.16. The van der Waals surface area contributed by atoms with Crippen LogP contribution in [-0.2, 0) is 0 Å². The number of rotatable bonds is 4. The SMILES string of the molecule is COc1cccc(OC)c1Oc1nc(C)c(C)nc1Cl. The van der Waals surface area contributed by atoms with Crippen LogP contribution in [0.3, 0.4) is 0 Å². The van der Waals surface area contributed by atoms with E-state index in [0.717, 1.165) is 11.4 Å². The summed E-state index contributed by atoms with van der Waals surface area (Å²) in [4.78, 5) is 8.47. The first-order chi connectivity index (χ1) is 9.56. The van der Waals surface area contributed by atoms with Gasteiger partial charge in [0.2, 0.25) is 5.75 Å². The van der Waals surface area contributed by atoms with Crippen molar-refractivity contribution in [2.24, 2.45) is 0 Å². The second-order valence-electron chi connectivity index (χ2n) is 4.08. The van der Waals surface area contributed by atoms with Gasteiger partial charge in [-0.05, 0) is 26.0 Å². The molecule has 1 aromatic carbocycles. The Morgan fingerprint density at radius 3 is 2.05 bits per heavy atom. The number of hydrogen-bond acceptors (Lipinski definition) is 5. The summed E-state index contributed by atoms with van der Waals surface area (Å²) in [7, 11) is 3.10. The highest BCUT2D eigenvalue weighted by atomic mass is 35.5. The van der Waals surface area contributed by atoms with Gasteiger partial charge in [-0.2, -0.15) is 0 Å². The monoisotopic (exact) mass is 294 g/mol. The van der Waals surface area contributed by atoms with E-state index < -0.39 is 0 Å². The van der Waals surface area contributed by atoms with Gasteiger partial charge in [-0.25, -0.2) is 9.97 Å². The van der Waals surface area contributed by atoms with Gasteiger partial charge < -0.3 is 14.2 Å². The van der Waals surface area contributed by atoms with E-state index >= 15 is 0 Å². The maximum Gasteiger partial charge on any atom is 0.258 e. The predicted octanol–water partition coefficient (Wildman–Crippen LogP) is 3.56. The number of halogens is 1. The zero-order valence-corrected chi connectivity index (χ0v) is 12.5. The van der Waals surface area contributed by atoms with Crippen molar-refractivity contribution in [3.63, 3.8) is 0 Å². The van der Waals surface area contributed by atoms with Crippen molar-refractivity contribution in [3.05, 3.63) is 34.7 Å². The summed E-state index contributed by atoms with van der Waals surface area (Å²) in [5.41, 5.74) is 1.51. The maximum atomic E-state index is 6.06. The fourth-order valence-corrected chi connectivity index (χ4v) is 1.84. The van der Waals surface area contributed by atoms with Crippen LogP contribution < -0.4 is 14.2 Å². The van der Waals surface area contributed by atoms with Gasteiger partial charge in [0.1, 0.15) is 0 Å². The quantitative estimate of drug-likeness (QED) is 0.863. The average molecular weight is 295 g/mol. The first kappa shape index (κ1) is 14.4. The van der Waals surface area contributed by atoms with E-state index in [1.165, 1.54) is 0 Å². The molecule has 0 fully saturated rings. The second-order valence-corrected chi connectivity index (χ2v) is 4.44. The summed E-state index contributed by atoms with van der Waals surface area (Å²) in [5, 5.41) is 0.195. The minimum Gasteiger partial charge on any atom is -0.493 e. The number of benzene rings is 1. The molecule has 0 atom stereocenters. The fourth-order valence-electron chi connectivity index (χ4n) is 1.63. The van der Waals surface area contributed by atoms with Gasteiger partial charge >= 0.3 is 0 Å². The van der Waals surface area contributed by atoms with E-state index in [2.05, 4.69) is 9.97 Å². The van der Waals surface area contributed by atoms with Gasteiger partial charge in [0, 0.05) is 0 Å². The van der Waals surface area contributed by atoms with Crippen molar-refractivity contribution in [3.8, 4) is 23.1 Å². The molecular formula is C14H15ClN2O3. The lowest BCUT2D eigenvalue weighted by Crippen LogP contribution is -2.00. The predicted molar refractivity (Wildman–Crippen MR) is 76.1 cm³/mol. The number of aryl methyl sites for hydroxylation is 2. The minimum atomic E-state index is 0.195. The molecule has 2 aromatic rings. The number of ether oxygens (including phenoxy) is 3. The molecule has 0 saturated heterocycles. The molecule has 6 heteroatoms. The molecule has 0 spiro atoms. The summed E-state index contributed by atoms with van der Waals surface area (Å²) >= 11 is 6.06. The molecule has 5 nitrogen and oxygen atoms in total. The third kappa shape index (κ3) is 2.77. The molecule has 1 heterocycles. The number of para-hydroxylation sites is 1. The van der Waals surface area contributed by atoms with Crippen LogP contribution in [0.2, 0.25) is 5.15 Å². The zero-order valence-electron chi connectivity index (χ0n) is 11.7. The summed E-state index contributed by atoms with van der Waals surface area (Å²) in [6.45, 7) is 3.67. The smallest absolute Gasteiger partial charge is 0.258 e. The summed E-state index contributed by atoms with van der Waals surface area (Å²) in [5.74, 6) is 1.69. The molecule has 1 aromatic heterocycles. The van der Waals surface area contributed by atoms with Crippen LogP contribution in [-0.4, -0.2) is 24.2 Å². The second kappa shape index (κ2) is 5.96. The van der Waals surface area contributed by atoms with Crippen molar-refractivity contribution in [1.82, 2.24) is 9.97 Å². The van der Waals surface area contributed by atoms with Crippen LogP contribution in [0.15, 0.2) is 18.2 Å². The molecule has 2 rings (SSSR count). The van der Waals surface area contributed by atoms with Gasteiger partial charge in [-0.15, -0.1) is 0 Å². The van der Waals surface area contributed by atoms with E-state index in [0.29, 0.717) is 17.2 Å². The van der Waals surface area contributed by atoms with Crippen molar-refractivity contribution >= 4 is 11.6 Å². The molecule has 0 radical (unpaired) electrons. The van der Waals surface area contributed by atoms with Gasteiger partial charge in [0.15, 0.2) is 16.7 Å². The minimum absolute atomic E-state index is 0.195. The molecule has 0 aliphatic carbocycles. The average Bonchev–Trinajstić information content (AvgIpc) is 2.44. The molecule has 106 valence electrons. The van der Waals surface area contributed by atoms with Crippen LogP contribution in [0.5, 0.6) is 23.1 Å². The topological polar surface area (TPSA) is 53.5 Å². The Bertz CT molecular complexity index is 610. The third-order valence-corrected chi connectivity index (χ3v) is 3.06. The number of nitrogens with zero attached hydrogens (tertiary/aromatic N) is 2. The summed E-state index contributed by atoms with van der Waals surface area (Å²) in [6.07, 6.45) is 0. The van der Waals surface area contributed by atoms with E-state index in [9.17, 15) is 0 Å². The van der Waals surface area contributed by atoms with Gasteiger partial charge in [-0.3, -0.25) is 0 Å². The van der Waals surface area contributed by atoms with Gasteiger partial charge in [0.05, 0.1) is 25.6 Å². The molecule has 0 amide bonds. The van der Waals surface area contributed by atoms with E-state index in [-0.39, 0.29) is 11.0 Å². The van der Waals surface area contributed by atoms with Gasteiger partial charge in [-0.1, -0.05) is 17.7 Å². The highest BCUT2D eigenvalue weighted by molar-refractivity contribution is 6.30. The molecule has 0 unspecified atom stereocenters. The van der Waals surface area contributed by atoms with Crippen LogP contribution in [0.25, 0.3) is 0 Å². The Kier molecular flexibility index (Phi) is 4.29. The van der Waals surface area contributed by atoms with Gasteiger partial charge in [0.25, 0.3) is 5.88 Å². The maximum absolute atomic E-state index is 6.06. The first-order valence-electron chi connectivity index (χ1n) is 5.96. The number of aromatic nitrogens is 2. The van der Waals surface area contributed by atoms with Crippen LogP contribution in [0.4, 0.5) is 0 Å². The Hall–Kier alpha value is -2.01. The Morgan fingerprint density at radius 1 is 0.950 bits per heavy atom. The molecule has 0 bridgehead atoms. The zero-order chi connectivity index (χ0) is 14.7. The molecule has 0 aliphatic heterocycles. The van der Waals surface area contributed by atoms with Crippen LogP contribution >= 0.6 is 11.6 Å². The van der Waals surface area contributed by atoms with Crippen molar-refractivity contribution < 1.29 is 14.2 Å². The Balaban J connectivity index is 2.47. The first-order valence-corrected chi connectivity index (χ1v) is 6.34.